The molecule has 1 amide bonds. The van der Waals surface area contributed by atoms with Crippen molar-refractivity contribution in [2.24, 2.45) is 0 Å². The van der Waals surface area contributed by atoms with Gasteiger partial charge in [0.2, 0.25) is 0 Å². The fourth-order valence-corrected chi connectivity index (χ4v) is 6.01. The molecule has 2 rings (SSSR count). The zero-order valence-electron chi connectivity index (χ0n) is 41.4. The highest BCUT2D eigenvalue weighted by molar-refractivity contribution is 5.88. The van der Waals surface area contributed by atoms with Crippen LogP contribution in [-0.2, 0) is 33.3 Å². The van der Waals surface area contributed by atoms with Gasteiger partial charge in [-0.2, -0.15) is 0 Å². The largest absolute Gasteiger partial charge is 0.494 e. The predicted molar refractivity (Wildman–Crippen MR) is 269 cm³/mol. The fraction of sp³-hybridized carbons (Fsp3) is 0.564. The number of carbonyl (C=O) groups is 4. The highest BCUT2D eigenvalue weighted by Gasteiger charge is 2.16. The summed E-state index contributed by atoms with van der Waals surface area (Å²) in [4.78, 5) is 44.8. The standard InChI is InChI=1S/C22H42O2.C20H26O5.C13H17NO2/c1-4-5-6-7-8-9-10-11-12-13-14-15-16-17-18-19-20-24-22(23)21(2)3;1-16(2)20(22)25-15-7-5-4-6-14-24-18-11-8-17(9-12-18)10-13-19(21)23-3;1-5-10-6-8-11(9-7-10)14-12(15)16-13(2,3)4/h2,4-20H2,1,3H3;8-13H,1,4-7,14-15H2,2-3H3;5-9H,1H2,2-4H3,(H,14,15)/b;13-10+;. The van der Waals surface area contributed by atoms with Gasteiger partial charge in [0, 0.05) is 22.9 Å². The molecule has 0 aromatic heterocycles. The van der Waals surface area contributed by atoms with Gasteiger partial charge < -0.3 is 23.7 Å². The number of rotatable bonds is 31. The Kier molecular flexibility index (Phi) is 36.2. The van der Waals surface area contributed by atoms with Crippen LogP contribution in [0.1, 0.15) is 181 Å². The third-order valence-corrected chi connectivity index (χ3v) is 9.75. The maximum Gasteiger partial charge on any atom is 0.412 e. The maximum atomic E-state index is 11.4. The Morgan fingerprint density at radius 1 is 0.585 bits per heavy atom. The van der Waals surface area contributed by atoms with Crippen LogP contribution in [-0.4, -0.2) is 56.5 Å². The lowest BCUT2D eigenvalue weighted by molar-refractivity contribution is -0.139. The highest BCUT2D eigenvalue weighted by Crippen LogP contribution is 2.17. The first-order chi connectivity index (χ1) is 31.1. The number of amides is 1. The van der Waals surface area contributed by atoms with Crippen molar-refractivity contribution in [1.82, 2.24) is 0 Å². The van der Waals surface area contributed by atoms with Crippen LogP contribution in [0, 0.1) is 0 Å². The first kappa shape index (κ1) is 59.9. The number of nitrogens with one attached hydrogen (secondary N) is 1. The van der Waals surface area contributed by atoms with Crippen LogP contribution in [0.25, 0.3) is 12.2 Å². The molecule has 10 heteroatoms. The van der Waals surface area contributed by atoms with Crippen molar-refractivity contribution < 1.29 is 42.9 Å². The van der Waals surface area contributed by atoms with Crippen LogP contribution in [0.4, 0.5) is 10.5 Å². The smallest absolute Gasteiger partial charge is 0.412 e. The summed E-state index contributed by atoms with van der Waals surface area (Å²) in [5.74, 6) is -0.163. The van der Waals surface area contributed by atoms with Crippen LogP contribution in [0.2, 0.25) is 0 Å². The quantitative estimate of drug-likeness (QED) is 0.0340. The zero-order valence-corrected chi connectivity index (χ0v) is 41.4. The number of benzene rings is 2. The molecule has 0 fully saturated rings. The number of anilines is 1. The summed E-state index contributed by atoms with van der Waals surface area (Å²) < 4.78 is 25.5. The number of methoxy groups -OCH3 is 1. The van der Waals surface area contributed by atoms with Crippen LogP contribution in [0.3, 0.4) is 0 Å². The van der Waals surface area contributed by atoms with E-state index >= 15 is 0 Å². The van der Waals surface area contributed by atoms with Gasteiger partial charge in [-0.05, 0) is 108 Å². The Hall–Kier alpha value is -5.12. The van der Waals surface area contributed by atoms with E-state index < -0.39 is 11.7 Å². The van der Waals surface area contributed by atoms with Crippen molar-refractivity contribution in [1.29, 1.82) is 0 Å². The Morgan fingerprint density at radius 3 is 1.37 bits per heavy atom. The molecule has 65 heavy (non-hydrogen) atoms. The summed E-state index contributed by atoms with van der Waals surface area (Å²) in [5.41, 5.74) is 3.06. The molecule has 0 aliphatic rings. The topological polar surface area (TPSA) is 126 Å². The van der Waals surface area contributed by atoms with Gasteiger partial charge in [0.1, 0.15) is 11.4 Å². The van der Waals surface area contributed by atoms with Crippen molar-refractivity contribution in [3.8, 4) is 5.75 Å². The first-order valence-corrected chi connectivity index (χ1v) is 24.0. The van der Waals surface area contributed by atoms with Crippen LogP contribution < -0.4 is 10.1 Å². The number of unbranched alkanes of at least 4 members (excludes halogenated alkanes) is 18. The van der Waals surface area contributed by atoms with Crippen molar-refractivity contribution >= 4 is 41.8 Å². The normalized spacial score (nSPS) is 10.6. The molecule has 0 atom stereocenters. The van der Waals surface area contributed by atoms with E-state index in [0.717, 1.165) is 49.0 Å². The summed E-state index contributed by atoms with van der Waals surface area (Å²) in [6.07, 6.45) is 29.9. The van der Waals surface area contributed by atoms with Crippen LogP contribution in [0.5, 0.6) is 5.75 Å². The van der Waals surface area contributed by atoms with Gasteiger partial charge in [-0.25, -0.2) is 19.2 Å². The number of hydrogen-bond acceptors (Lipinski definition) is 9. The van der Waals surface area contributed by atoms with E-state index in [-0.39, 0.29) is 17.9 Å². The summed E-state index contributed by atoms with van der Waals surface area (Å²) in [6, 6.07) is 14.9. The van der Waals surface area contributed by atoms with Crippen molar-refractivity contribution in [3.05, 3.63) is 96.6 Å². The molecule has 0 heterocycles. The summed E-state index contributed by atoms with van der Waals surface area (Å²) in [5, 5.41) is 2.65. The van der Waals surface area contributed by atoms with E-state index in [4.69, 9.17) is 18.9 Å². The summed E-state index contributed by atoms with van der Waals surface area (Å²) >= 11 is 0. The minimum absolute atomic E-state index is 0.254. The van der Waals surface area contributed by atoms with Gasteiger partial charge in [-0.15, -0.1) is 0 Å². The molecule has 0 saturated carbocycles. The molecule has 0 saturated heterocycles. The average molecular weight is 904 g/mol. The highest BCUT2D eigenvalue weighted by atomic mass is 16.6. The lowest BCUT2D eigenvalue weighted by atomic mass is 10.0. The third kappa shape index (κ3) is 37.9. The van der Waals surface area contributed by atoms with E-state index in [9.17, 15) is 19.2 Å². The van der Waals surface area contributed by atoms with E-state index in [1.165, 1.54) is 109 Å². The number of esters is 3. The van der Waals surface area contributed by atoms with E-state index in [0.29, 0.717) is 36.7 Å². The second kappa shape index (κ2) is 39.3. The molecule has 0 aliphatic carbocycles. The maximum absolute atomic E-state index is 11.4. The van der Waals surface area contributed by atoms with Gasteiger partial charge in [0.05, 0.1) is 26.9 Å². The molecule has 0 spiro atoms. The molecule has 2 aromatic carbocycles. The van der Waals surface area contributed by atoms with Gasteiger partial charge in [0.25, 0.3) is 0 Å². The third-order valence-electron chi connectivity index (χ3n) is 9.75. The molecule has 0 radical (unpaired) electrons. The second-order valence-electron chi connectivity index (χ2n) is 17.3. The molecular weight excluding hydrogens is 819 g/mol. The van der Waals surface area contributed by atoms with Gasteiger partial charge >= 0.3 is 24.0 Å². The fourth-order valence-electron chi connectivity index (χ4n) is 6.01. The predicted octanol–water partition coefficient (Wildman–Crippen LogP) is 15.0. The number of carbonyl (C=O) groups excluding carboxylic acids is 4. The van der Waals surface area contributed by atoms with Crippen LogP contribution >= 0.6 is 0 Å². The minimum atomic E-state index is -0.481. The van der Waals surface area contributed by atoms with Crippen LogP contribution in [0.15, 0.2) is 85.5 Å². The Morgan fingerprint density at radius 2 is 0.985 bits per heavy atom. The van der Waals surface area contributed by atoms with E-state index in [2.05, 4.69) is 36.7 Å². The van der Waals surface area contributed by atoms with Gasteiger partial charge in [0.15, 0.2) is 0 Å². The van der Waals surface area contributed by atoms with Crippen molar-refractivity contribution in [2.45, 2.75) is 176 Å². The molecular formula is C55H85NO9. The van der Waals surface area contributed by atoms with E-state index in [1.54, 1.807) is 38.1 Å². The lowest BCUT2D eigenvalue weighted by Gasteiger charge is -2.19. The SMILES string of the molecule is C=C(C)C(=O)OCCCCCCCCCCCCCCCCCC.C=C(C)C(=O)OCCCCCCOc1ccc(/C=C/C(=O)OC)cc1.C=Cc1ccc(NC(=O)OC(C)(C)C)cc1. The number of hydrogen-bond donors (Lipinski definition) is 1. The van der Waals surface area contributed by atoms with Gasteiger partial charge in [-0.3, -0.25) is 5.32 Å². The van der Waals surface area contributed by atoms with E-state index in [1.807, 2.05) is 57.2 Å². The van der Waals surface area contributed by atoms with Gasteiger partial charge in [-0.1, -0.05) is 153 Å². The summed E-state index contributed by atoms with van der Waals surface area (Å²) in [7, 11) is 1.35. The molecule has 2 aromatic rings. The van der Waals surface area contributed by atoms with Crippen molar-refractivity contribution in [2.75, 3.05) is 32.2 Å². The minimum Gasteiger partial charge on any atom is -0.494 e. The second-order valence-corrected chi connectivity index (χ2v) is 17.3. The monoisotopic (exact) mass is 904 g/mol. The Bertz CT molecular complexity index is 1640. The zero-order chi connectivity index (χ0) is 48.6. The molecule has 0 unspecified atom stereocenters. The molecule has 10 nitrogen and oxygen atoms in total. The molecule has 0 bridgehead atoms. The van der Waals surface area contributed by atoms with Crippen molar-refractivity contribution in [3.63, 3.8) is 0 Å². The molecule has 1 N–H and O–H groups in total. The Balaban J connectivity index is 0.000000968. The molecule has 0 aliphatic heterocycles. The lowest BCUT2D eigenvalue weighted by Crippen LogP contribution is -2.27. The number of ether oxygens (including phenoxy) is 5. The molecule has 364 valence electrons. The first-order valence-electron chi connectivity index (χ1n) is 24.0. The Labute approximate surface area is 393 Å². The average Bonchev–Trinajstić information content (AvgIpc) is 3.27. The summed E-state index contributed by atoms with van der Waals surface area (Å²) in [6.45, 7) is 23.5.